The van der Waals surface area contributed by atoms with E-state index in [0.29, 0.717) is 32.7 Å². The third-order valence-corrected chi connectivity index (χ3v) is 6.15. The first-order valence-electron chi connectivity index (χ1n) is 10.2. The van der Waals surface area contributed by atoms with E-state index >= 15 is 0 Å². The van der Waals surface area contributed by atoms with Crippen molar-refractivity contribution in [3.8, 4) is 11.3 Å². The monoisotopic (exact) mass is 493 g/mol. The molecule has 0 aliphatic rings. The zero-order valence-corrected chi connectivity index (χ0v) is 19.7. The maximum Gasteiger partial charge on any atom is 0.270 e. The summed E-state index contributed by atoms with van der Waals surface area (Å²) in [6, 6.07) is 22.1. The minimum absolute atomic E-state index is 0.114. The highest BCUT2D eigenvalue weighted by molar-refractivity contribution is 7.89. The Hall–Kier alpha value is -3.75. The first-order valence-corrected chi connectivity index (χ1v) is 12.7. The van der Waals surface area contributed by atoms with Crippen LogP contribution in [0.25, 0.3) is 22.2 Å². The molecule has 0 fully saturated rings. The predicted octanol–water partition coefficient (Wildman–Crippen LogP) is 4.17. The molecular formula is C25H20ClN3O4S. The number of nitrogens with one attached hydrogen (secondary N) is 2. The van der Waals surface area contributed by atoms with Gasteiger partial charge in [-0.3, -0.25) is 20.4 Å². The molecule has 0 atom stereocenters. The molecule has 1 heterocycles. The van der Waals surface area contributed by atoms with E-state index in [0.717, 1.165) is 11.8 Å². The molecule has 34 heavy (non-hydrogen) atoms. The van der Waals surface area contributed by atoms with Crippen molar-refractivity contribution < 1.29 is 18.0 Å². The van der Waals surface area contributed by atoms with Crippen LogP contribution in [0.5, 0.6) is 0 Å². The lowest BCUT2D eigenvalue weighted by Crippen LogP contribution is -2.41. The number of sulfone groups is 1. The van der Waals surface area contributed by atoms with E-state index < -0.39 is 21.7 Å². The summed E-state index contributed by atoms with van der Waals surface area (Å²) in [4.78, 5) is 30.1. The van der Waals surface area contributed by atoms with Gasteiger partial charge in [0.05, 0.1) is 22.5 Å². The Morgan fingerprint density at radius 1 is 0.882 bits per heavy atom. The molecule has 0 radical (unpaired) electrons. The van der Waals surface area contributed by atoms with Crippen molar-refractivity contribution in [2.24, 2.45) is 0 Å². The fourth-order valence-corrected chi connectivity index (χ4v) is 4.36. The number of hydrogen-bond acceptors (Lipinski definition) is 5. The van der Waals surface area contributed by atoms with Gasteiger partial charge in [0.25, 0.3) is 11.8 Å². The summed E-state index contributed by atoms with van der Waals surface area (Å²) in [5, 5.41) is 1.23. The number of rotatable bonds is 5. The van der Waals surface area contributed by atoms with Crippen molar-refractivity contribution in [1.29, 1.82) is 0 Å². The summed E-state index contributed by atoms with van der Waals surface area (Å²) in [5.74, 6) is -1.15. The number of hydrazine groups is 1. The third-order valence-electron chi connectivity index (χ3n) is 5.04. The molecule has 0 spiro atoms. The maximum atomic E-state index is 13.0. The number of para-hydroxylation sites is 1. The molecule has 1 aromatic heterocycles. The van der Waals surface area contributed by atoms with Crippen LogP contribution in [0.4, 0.5) is 0 Å². The van der Waals surface area contributed by atoms with E-state index in [4.69, 9.17) is 11.6 Å². The van der Waals surface area contributed by atoms with Gasteiger partial charge in [-0.2, -0.15) is 0 Å². The normalized spacial score (nSPS) is 11.2. The smallest absolute Gasteiger partial charge is 0.267 e. The molecule has 9 heteroatoms. The number of aromatic nitrogens is 1. The third kappa shape index (κ3) is 5.59. The van der Waals surface area contributed by atoms with Gasteiger partial charge in [-0.15, -0.1) is 0 Å². The molecule has 0 bridgehead atoms. The highest BCUT2D eigenvalue weighted by Gasteiger charge is 2.15. The van der Waals surface area contributed by atoms with Gasteiger partial charge in [-0.05, 0) is 42.0 Å². The number of hydrogen-bond donors (Lipinski definition) is 2. The van der Waals surface area contributed by atoms with Crippen molar-refractivity contribution in [2.45, 2.75) is 5.75 Å². The Labute approximate surface area is 201 Å². The average Bonchev–Trinajstić information content (AvgIpc) is 2.81. The summed E-state index contributed by atoms with van der Waals surface area (Å²) in [6.07, 6.45) is 1.14. The van der Waals surface area contributed by atoms with E-state index in [2.05, 4.69) is 15.8 Å². The average molecular weight is 494 g/mol. The largest absolute Gasteiger partial charge is 0.270 e. The van der Waals surface area contributed by atoms with Crippen LogP contribution in [0.1, 0.15) is 26.3 Å². The Bertz CT molecular complexity index is 1490. The quantitative estimate of drug-likeness (QED) is 0.406. The summed E-state index contributed by atoms with van der Waals surface area (Å²) in [5.41, 5.74) is 8.06. The molecule has 3 aromatic carbocycles. The van der Waals surface area contributed by atoms with E-state index in [1.165, 1.54) is 12.1 Å². The highest BCUT2D eigenvalue weighted by Crippen LogP contribution is 2.26. The van der Waals surface area contributed by atoms with E-state index in [9.17, 15) is 18.0 Å². The molecule has 2 amide bonds. The number of carbonyl (C=O) groups excluding carboxylic acids is 2. The lowest BCUT2D eigenvalue weighted by atomic mass is 10.0. The van der Waals surface area contributed by atoms with E-state index in [-0.39, 0.29) is 11.3 Å². The standard InChI is InChI=1S/C25H20ClN3O4S/c1-34(32,33)15-16-6-8-18(9-7-16)24(30)28-29-25(31)21-14-23(17-10-12-19(26)13-11-17)27-22-5-3-2-4-20(21)22/h2-14H,15H2,1H3,(H,28,30)(H,29,31). The zero-order valence-electron chi connectivity index (χ0n) is 18.1. The van der Waals surface area contributed by atoms with E-state index in [1.807, 2.05) is 24.3 Å². The molecule has 0 saturated heterocycles. The van der Waals surface area contributed by atoms with Gasteiger partial charge in [-0.1, -0.05) is 54.1 Å². The van der Waals surface area contributed by atoms with Gasteiger partial charge in [0.1, 0.15) is 0 Å². The van der Waals surface area contributed by atoms with Gasteiger partial charge < -0.3 is 0 Å². The zero-order chi connectivity index (χ0) is 24.3. The summed E-state index contributed by atoms with van der Waals surface area (Å²) in [6.45, 7) is 0. The maximum absolute atomic E-state index is 13.0. The number of amides is 2. The molecule has 0 aliphatic heterocycles. The number of fused-ring (bicyclic) bond motifs is 1. The van der Waals surface area contributed by atoms with Crippen LogP contribution >= 0.6 is 11.6 Å². The van der Waals surface area contributed by atoms with Crippen LogP contribution in [-0.4, -0.2) is 31.5 Å². The minimum atomic E-state index is -3.18. The molecule has 0 aliphatic carbocycles. The SMILES string of the molecule is CS(=O)(=O)Cc1ccc(C(=O)NNC(=O)c2cc(-c3ccc(Cl)cc3)nc3ccccc23)cc1. The fraction of sp³-hybridized carbons (Fsp3) is 0.0800. The van der Waals surface area contributed by atoms with Crippen LogP contribution in [0, 0.1) is 0 Å². The van der Waals surface area contributed by atoms with Crippen LogP contribution in [0.15, 0.2) is 78.9 Å². The van der Waals surface area contributed by atoms with Crippen molar-refractivity contribution in [2.75, 3.05) is 6.26 Å². The second-order valence-electron chi connectivity index (χ2n) is 7.75. The molecule has 2 N–H and O–H groups in total. The minimum Gasteiger partial charge on any atom is -0.267 e. The number of benzene rings is 3. The molecule has 172 valence electrons. The van der Waals surface area contributed by atoms with E-state index in [1.54, 1.807) is 42.5 Å². The Balaban J connectivity index is 1.54. The van der Waals surface area contributed by atoms with Crippen LogP contribution in [-0.2, 0) is 15.6 Å². The first-order chi connectivity index (χ1) is 16.2. The topological polar surface area (TPSA) is 105 Å². The Morgan fingerprint density at radius 2 is 1.53 bits per heavy atom. The number of pyridine rings is 1. The predicted molar refractivity (Wildman–Crippen MR) is 132 cm³/mol. The van der Waals surface area contributed by atoms with Crippen molar-refractivity contribution in [3.63, 3.8) is 0 Å². The van der Waals surface area contributed by atoms with Crippen LogP contribution in [0.2, 0.25) is 5.02 Å². The molecular weight excluding hydrogens is 474 g/mol. The molecule has 4 aromatic rings. The summed E-state index contributed by atoms with van der Waals surface area (Å²) in [7, 11) is -3.18. The van der Waals surface area contributed by atoms with Crippen LogP contribution < -0.4 is 10.9 Å². The second-order valence-corrected chi connectivity index (χ2v) is 10.3. The number of nitrogens with zero attached hydrogens (tertiary/aromatic N) is 1. The lowest BCUT2D eigenvalue weighted by molar-refractivity contribution is 0.0847. The van der Waals surface area contributed by atoms with Crippen molar-refractivity contribution in [1.82, 2.24) is 15.8 Å². The Kier molecular flexibility index (Phi) is 6.63. The lowest BCUT2D eigenvalue weighted by Gasteiger charge is -2.12. The van der Waals surface area contributed by atoms with Crippen LogP contribution in [0.3, 0.4) is 0 Å². The molecule has 0 saturated carbocycles. The summed E-state index contributed by atoms with van der Waals surface area (Å²) >= 11 is 5.98. The second kappa shape index (κ2) is 9.62. The summed E-state index contributed by atoms with van der Waals surface area (Å²) < 4.78 is 22.8. The molecule has 0 unspecified atom stereocenters. The number of carbonyl (C=O) groups is 2. The molecule has 4 rings (SSSR count). The highest BCUT2D eigenvalue weighted by atomic mass is 35.5. The van der Waals surface area contributed by atoms with Gasteiger partial charge in [0.15, 0.2) is 9.84 Å². The Morgan fingerprint density at radius 3 is 2.21 bits per heavy atom. The van der Waals surface area contributed by atoms with Crippen molar-refractivity contribution in [3.05, 3.63) is 101 Å². The fourth-order valence-electron chi connectivity index (χ4n) is 3.44. The number of halogens is 1. The van der Waals surface area contributed by atoms with Gasteiger partial charge in [0.2, 0.25) is 0 Å². The first kappa shape index (κ1) is 23.4. The van der Waals surface area contributed by atoms with Crippen molar-refractivity contribution >= 4 is 44.2 Å². The van der Waals surface area contributed by atoms with Gasteiger partial charge >= 0.3 is 0 Å². The van der Waals surface area contributed by atoms with Gasteiger partial charge in [-0.25, -0.2) is 13.4 Å². The van der Waals surface area contributed by atoms with Gasteiger partial charge in [0, 0.05) is 27.8 Å². The molecule has 7 nitrogen and oxygen atoms in total.